The van der Waals surface area contributed by atoms with Crippen LogP contribution in [0.5, 0.6) is 5.75 Å². The Kier molecular flexibility index (Phi) is 7.25. The van der Waals surface area contributed by atoms with E-state index in [4.69, 9.17) is 15.2 Å². The van der Waals surface area contributed by atoms with Crippen molar-refractivity contribution >= 4 is 29.2 Å². The van der Waals surface area contributed by atoms with Crippen molar-refractivity contribution < 1.29 is 23.9 Å². The smallest absolute Gasteiger partial charge is 0.357 e. The average molecular weight is 507 g/mol. The zero-order valence-electron chi connectivity index (χ0n) is 21.1. The van der Waals surface area contributed by atoms with Crippen LogP contribution in [0.3, 0.4) is 0 Å². The molecule has 1 aromatic carbocycles. The maximum Gasteiger partial charge on any atom is 0.357 e. The Morgan fingerprint density at radius 1 is 1.16 bits per heavy atom. The van der Waals surface area contributed by atoms with Crippen LogP contribution in [0.15, 0.2) is 53.4 Å². The van der Waals surface area contributed by atoms with Crippen LogP contribution in [0.1, 0.15) is 44.1 Å². The zero-order valence-corrected chi connectivity index (χ0v) is 21.1. The molecule has 2 aliphatic rings. The van der Waals surface area contributed by atoms with Crippen LogP contribution in [-0.4, -0.2) is 47.2 Å². The Balaban J connectivity index is 1.66. The first-order chi connectivity index (χ1) is 17.6. The molecule has 1 fully saturated rings. The first-order valence-electron chi connectivity index (χ1n) is 11.8. The van der Waals surface area contributed by atoms with Gasteiger partial charge >= 0.3 is 5.97 Å². The van der Waals surface area contributed by atoms with Crippen molar-refractivity contribution in [1.82, 2.24) is 21.2 Å². The lowest BCUT2D eigenvalue weighted by Gasteiger charge is -2.25. The summed E-state index contributed by atoms with van der Waals surface area (Å²) in [6, 6.07) is 7.73. The second-order valence-corrected chi connectivity index (χ2v) is 9.75. The van der Waals surface area contributed by atoms with E-state index < -0.39 is 23.5 Å². The number of aliphatic imine (C=N–C) groups is 1. The van der Waals surface area contributed by atoms with Crippen LogP contribution in [0.2, 0.25) is 0 Å². The molecule has 1 aromatic heterocycles. The molecule has 0 saturated heterocycles. The Bertz CT molecular complexity index is 1280. The van der Waals surface area contributed by atoms with Crippen LogP contribution < -0.4 is 26.6 Å². The van der Waals surface area contributed by atoms with Gasteiger partial charge in [-0.3, -0.25) is 9.59 Å². The van der Waals surface area contributed by atoms with Gasteiger partial charge in [0.2, 0.25) is 11.8 Å². The molecule has 0 radical (unpaired) electrons. The highest BCUT2D eigenvalue weighted by molar-refractivity contribution is 6.15. The summed E-state index contributed by atoms with van der Waals surface area (Å²) < 4.78 is 11.0. The summed E-state index contributed by atoms with van der Waals surface area (Å²) in [5.74, 6) is -0.459. The highest BCUT2D eigenvalue weighted by Crippen LogP contribution is 2.38. The third kappa shape index (κ3) is 6.31. The number of para-hydroxylation sites is 1. The maximum atomic E-state index is 12.3. The van der Waals surface area contributed by atoms with Crippen molar-refractivity contribution in [3.05, 3.63) is 54.1 Å². The second kappa shape index (κ2) is 10.4. The SMILES string of the molecule is COc1c(N=C2C=C(NC(=O)C3CC3)NNC2C(N)=O)cccc1-c1ccc(C(=O)OC(C)(C)C)nc1. The summed E-state index contributed by atoms with van der Waals surface area (Å²) >= 11 is 0. The molecule has 37 heavy (non-hydrogen) atoms. The highest BCUT2D eigenvalue weighted by atomic mass is 16.6. The van der Waals surface area contributed by atoms with Crippen molar-refractivity contribution in [2.45, 2.75) is 45.3 Å². The number of amides is 2. The lowest BCUT2D eigenvalue weighted by atomic mass is 10.0. The summed E-state index contributed by atoms with van der Waals surface area (Å²) in [4.78, 5) is 45.5. The second-order valence-electron chi connectivity index (χ2n) is 9.75. The van der Waals surface area contributed by atoms with Crippen LogP contribution >= 0.6 is 0 Å². The maximum absolute atomic E-state index is 12.3. The molecule has 5 N–H and O–H groups in total. The van der Waals surface area contributed by atoms with Crippen molar-refractivity contribution in [2.75, 3.05) is 7.11 Å². The van der Waals surface area contributed by atoms with Gasteiger partial charge in [-0.25, -0.2) is 20.2 Å². The van der Waals surface area contributed by atoms with Gasteiger partial charge in [-0.05, 0) is 45.7 Å². The number of pyridine rings is 1. The Hall–Kier alpha value is -4.25. The monoisotopic (exact) mass is 506 g/mol. The number of nitrogens with two attached hydrogens (primary N) is 1. The van der Waals surface area contributed by atoms with E-state index in [0.29, 0.717) is 34.1 Å². The fourth-order valence-corrected chi connectivity index (χ4v) is 3.65. The van der Waals surface area contributed by atoms with E-state index in [1.807, 2.05) is 6.07 Å². The van der Waals surface area contributed by atoms with Gasteiger partial charge < -0.3 is 25.9 Å². The molecule has 1 atom stereocenters. The highest BCUT2D eigenvalue weighted by Gasteiger charge is 2.32. The number of hydrogen-bond acceptors (Lipinski definition) is 9. The number of ether oxygens (including phenoxy) is 2. The number of esters is 1. The van der Waals surface area contributed by atoms with Gasteiger partial charge in [0.25, 0.3) is 0 Å². The molecule has 194 valence electrons. The van der Waals surface area contributed by atoms with Crippen LogP contribution in [-0.2, 0) is 14.3 Å². The number of primary amides is 1. The molecular weight excluding hydrogens is 476 g/mol. The average Bonchev–Trinajstić information content (AvgIpc) is 3.69. The van der Waals surface area contributed by atoms with Gasteiger partial charge in [0.1, 0.15) is 28.8 Å². The Morgan fingerprint density at radius 2 is 1.92 bits per heavy atom. The van der Waals surface area contributed by atoms with Crippen molar-refractivity contribution in [3.63, 3.8) is 0 Å². The summed E-state index contributed by atoms with van der Waals surface area (Å²) in [6.07, 6.45) is 4.83. The third-order valence-electron chi connectivity index (χ3n) is 5.56. The standard InChI is InChI=1S/C26H30N6O5/c1-26(2,3)37-25(35)18-11-10-15(13-28-18)16-6-5-7-17(22(16)36-4)29-19-12-20(30-24(34)14-8-9-14)31-32-21(19)23(27)33/h5-7,10-14,21,31-32H,8-9H2,1-4H3,(H2,27,33)(H,30,34). The van der Waals surface area contributed by atoms with Gasteiger partial charge in [-0.2, -0.15) is 0 Å². The first-order valence-corrected chi connectivity index (χ1v) is 11.8. The number of carbonyl (C=O) groups excluding carboxylic acids is 3. The molecule has 1 unspecified atom stereocenters. The molecule has 1 saturated carbocycles. The van der Waals surface area contributed by atoms with Crippen LogP contribution in [0, 0.1) is 5.92 Å². The minimum atomic E-state index is -0.940. The van der Waals surface area contributed by atoms with E-state index in [0.717, 1.165) is 12.8 Å². The lowest BCUT2D eigenvalue weighted by molar-refractivity contribution is -0.121. The molecule has 1 aliphatic carbocycles. The normalized spacial score (nSPS) is 18.4. The minimum Gasteiger partial charge on any atom is -0.494 e. The number of methoxy groups -OCH3 is 1. The number of aromatic nitrogens is 1. The molecule has 4 rings (SSSR count). The van der Waals surface area contributed by atoms with Gasteiger partial charge in [0.05, 0.1) is 12.8 Å². The number of hydrazine groups is 1. The third-order valence-corrected chi connectivity index (χ3v) is 5.56. The first kappa shape index (κ1) is 25.8. The Morgan fingerprint density at radius 3 is 2.51 bits per heavy atom. The quantitative estimate of drug-likeness (QED) is 0.416. The fourth-order valence-electron chi connectivity index (χ4n) is 3.65. The number of nitrogens with zero attached hydrogens (tertiary/aromatic N) is 2. The largest absolute Gasteiger partial charge is 0.494 e. The number of rotatable bonds is 7. The number of carbonyl (C=O) groups is 3. The van der Waals surface area contributed by atoms with E-state index in [9.17, 15) is 14.4 Å². The number of hydrogen-bond donors (Lipinski definition) is 4. The van der Waals surface area contributed by atoms with Crippen LogP contribution in [0.4, 0.5) is 5.69 Å². The van der Waals surface area contributed by atoms with E-state index in [-0.39, 0.29) is 17.5 Å². The fraction of sp³-hybridized carbons (Fsp3) is 0.346. The van der Waals surface area contributed by atoms with E-state index in [1.54, 1.807) is 57.3 Å². The topological polar surface area (TPSA) is 157 Å². The lowest BCUT2D eigenvalue weighted by Crippen LogP contribution is -2.57. The van der Waals surface area contributed by atoms with Gasteiger partial charge in [0.15, 0.2) is 5.75 Å². The van der Waals surface area contributed by atoms with Crippen LogP contribution in [0.25, 0.3) is 11.1 Å². The molecule has 11 nitrogen and oxygen atoms in total. The van der Waals surface area contributed by atoms with E-state index in [1.165, 1.54) is 7.11 Å². The van der Waals surface area contributed by atoms with E-state index in [2.05, 4.69) is 26.1 Å². The van der Waals surface area contributed by atoms with Crippen molar-refractivity contribution in [1.29, 1.82) is 0 Å². The molecule has 11 heteroatoms. The summed E-state index contributed by atoms with van der Waals surface area (Å²) in [5, 5.41) is 2.79. The van der Waals surface area contributed by atoms with E-state index >= 15 is 0 Å². The molecule has 2 heterocycles. The number of benzene rings is 1. The summed E-state index contributed by atoms with van der Waals surface area (Å²) in [5.41, 5.74) is 12.8. The molecule has 1 aliphatic heterocycles. The minimum absolute atomic E-state index is 0.00375. The van der Waals surface area contributed by atoms with Crippen molar-refractivity contribution in [3.8, 4) is 16.9 Å². The molecular formula is C26H30N6O5. The predicted octanol–water partition coefficient (Wildman–Crippen LogP) is 2.11. The zero-order chi connectivity index (χ0) is 26.7. The van der Waals surface area contributed by atoms with Gasteiger partial charge in [-0.15, -0.1) is 0 Å². The molecule has 2 amide bonds. The molecule has 2 aromatic rings. The van der Waals surface area contributed by atoms with Gasteiger partial charge in [0, 0.05) is 29.3 Å². The van der Waals surface area contributed by atoms with Crippen molar-refractivity contribution in [2.24, 2.45) is 16.6 Å². The molecule has 0 spiro atoms. The molecule has 0 bridgehead atoms. The Labute approximate surface area is 214 Å². The predicted molar refractivity (Wildman–Crippen MR) is 137 cm³/mol. The van der Waals surface area contributed by atoms with Gasteiger partial charge in [-0.1, -0.05) is 18.2 Å². The number of nitrogens with one attached hydrogen (secondary N) is 3. The summed E-state index contributed by atoms with van der Waals surface area (Å²) in [7, 11) is 1.51. The summed E-state index contributed by atoms with van der Waals surface area (Å²) in [6.45, 7) is 5.37.